The van der Waals surface area contributed by atoms with Crippen molar-refractivity contribution in [2.45, 2.75) is 57.3 Å². The summed E-state index contributed by atoms with van der Waals surface area (Å²) in [7, 11) is 0. The molecule has 0 bridgehead atoms. The summed E-state index contributed by atoms with van der Waals surface area (Å²) in [4.78, 5) is 0. The van der Waals surface area contributed by atoms with Gasteiger partial charge < -0.3 is 0 Å². The van der Waals surface area contributed by atoms with Crippen LogP contribution >= 0.6 is 0 Å². The normalized spacial score (nSPS) is 34.2. The van der Waals surface area contributed by atoms with E-state index in [9.17, 15) is 4.39 Å². The van der Waals surface area contributed by atoms with Crippen molar-refractivity contribution >= 4 is 5.57 Å². The molecule has 1 aromatic carbocycles. The Hall–Kier alpha value is -1.44. The quantitative estimate of drug-likeness (QED) is 0.612. The fourth-order valence-corrected chi connectivity index (χ4v) is 4.14. The van der Waals surface area contributed by atoms with Crippen molar-refractivity contribution < 1.29 is 8.78 Å². The minimum atomic E-state index is -1.82. The summed E-state index contributed by atoms with van der Waals surface area (Å²) in [5, 5.41) is 0. The van der Waals surface area contributed by atoms with Crippen LogP contribution in [0, 0.1) is 11.8 Å². The average molecular weight is 316 g/mol. The van der Waals surface area contributed by atoms with Gasteiger partial charge in [0.15, 0.2) is 11.8 Å². The summed E-state index contributed by atoms with van der Waals surface area (Å²) in [5.41, 5.74) is -0.0960. The van der Waals surface area contributed by atoms with Crippen molar-refractivity contribution in [2.24, 2.45) is 11.8 Å². The van der Waals surface area contributed by atoms with Crippen LogP contribution in [0.5, 0.6) is 0 Å². The molecule has 2 aliphatic rings. The molecule has 0 amide bonds. The lowest BCUT2D eigenvalue weighted by Crippen LogP contribution is -2.43. The number of benzene rings is 1. The van der Waals surface area contributed by atoms with Crippen molar-refractivity contribution in [3.8, 4) is 0 Å². The van der Waals surface area contributed by atoms with Crippen LogP contribution in [0.1, 0.15) is 51.0 Å². The molecule has 1 aromatic rings. The van der Waals surface area contributed by atoms with Crippen molar-refractivity contribution in [1.82, 2.24) is 0 Å². The monoisotopic (exact) mass is 316 g/mol. The molecule has 2 aliphatic carbocycles. The molecule has 0 nitrogen and oxygen atoms in total. The Balaban J connectivity index is 1.70. The molecule has 23 heavy (non-hydrogen) atoms. The Morgan fingerprint density at radius 3 is 2.39 bits per heavy atom. The number of halogens is 2. The SMILES string of the molecule is CCCC1CCC(C2(F)C=CC(c3ccccc3)=CC2F)CC1. The molecule has 2 atom stereocenters. The number of allylic oxidation sites excluding steroid dienone is 4. The molecule has 1 saturated carbocycles. The van der Waals surface area contributed by atoms with Gasteiger partial charge in [-0.3, -0.25) is 0 Å². The molecule has 2 unspecified atom stereocenters. The second-order valence-corrected chi connectivity index (χ2v) is 7.06. The van der Waals surface area contributed by atoms with Gasteiger partial charge in [-0.05, 0) is 48.0 Å². The van der Waals surface area contributed by atoms with Crippen molar-refractivity contribution in [2.75, 3.05) is 0 Å². The first-order valence-electron chi connectivity index (χ1n) is 8.93. The minimum Gasteiger partial charge on any atom is -0.239 e. The molecule has 124 valence electrons. The fraction of sp³-hybridized carbons (Fsp3) is 0.524. The predicted octanol–water partition coefficient (Wildman–Crippen LogP) is 6.29. The standard InChI is InChI=1S/C21H26F2/c1-2-6-16-9-11-19(12-10-16)21(23)14-13-18(15-20(21)22)17-7-4-3-5-8-17/h3-5,7-8,13-16,19-20H,2,6,9-12H2,1H3. The topological polar surface area (TPSA) is 0 Å². The highest BCUT2D eigenvalue weighted by molar-refractivity contribution is 5.76. The van der Waals surface area contributed by atoms with Gasteiger partial charge in [0.1, 0.15) is 0 Å². The maximum absolute atomic E-state index is 15.3. The van der Waals surface area contributed by atoms with Crippen LogP contribution in [0.25, 0.3) is 5.57 Å². The first kappa shape index (κ1) is 16.4. The number of rotatable bonds is 4. The molecular weight excluding hydrogens is 290 g/mol. The Bertz CT molecular complexity index is 567. The van der Waals surface area contributed by atoms with E-state index in [2.05, 4.69) is 6.92 Å². The van der Waals surface area contributed by atoms with E-state index in [1.54, 1.807) is 6.08 Å². The van der Waals surface area contributed by atoms with Crippen LogP contribution in [0.15, 0.2) is 48.6 Å². The second kappa shape index (κ2) is 6.98. The molecule has 2 heteroatoms. The van der Waals surface area contributed by atoms with Gasteiger partial charge in [0, 0.05) is 0 Å². The van der Waals surface area contributed by atoms with E-state index in [1.165, 1.54) is 25.0 Å². The number of alkyl halides is 2. The summed E-state index contributed by atoms with van der Waals surface area (Å²) in [6.45, 7) is 2.19. The van der Waals surface area contributed by atoms with Gasteiger partial charge in [-0.15, -0.1) is 0 Å². The van der Waals surface area contributed by atoms with Gasteiger partial charge in [0.2, 0.25) is 0 Å². The maximum Gasteiger partial charge on any atom is 0.166 e. The third kappa shape index (κ3) is 3.41. The molecule has 0 heterocycles. The van der Waals surface area contributed by atoms with Gasteiger partial charge in [0.25, 0.3) is 0 Å². The smallest absolute Gasteiger partial charge is 0.166 e. The van der Waals surface area contributed by atoms with E-state index in [0.29, 0.717) is 5.92 Å². The molecule has 0 N–H and O–H groups in total. The lowest BCUT2D eigenvalue weighted by molar-refractivity contribution is 0.0321. The van der Waals surface area contributed by atoms with Crippen LogP contribution < -0.4 is 0 Å². The van der Waals surface area contributed by atoms with Gasteiger partial charge in [-0.1, -0.05) is 69.0 Å². The first-order chi connectivity index (χ1) is 11.1. The lowest BCUT2D eigenvalue weighted by atomic mass is 9.70. The van der Waals surface area contributed by atoms with E-state index >= 15 is 4.39 Å². The molecule has 0 saturated heterocycles. The van der Waals surface area contributed by atoms with Gasteiger partial charge in [-0.25, -0.2) is 8.78 Å². The zero-order valence-electron chi connectivity index (χ0n) is 13.8. The Kier molecular flexibility index (Phi) is 4.99. The lowest BCUT2D eigenvalue weighted by Gasteiger charge is -2.39. The summed E-state index contributed by atoms with van der Waals surface area (Å²) >= 11 is 0. The zero-order valence-corrected chi connectivity index (χ0v) is 13.8. The van der Waals surface area contributed by atoms with Crippen LogP contribution in [-0.4, -0.2) is 11.8 Å². The van der Waals surface area contributed by atoms with Crippen LogP contribution in [0.4, 0.5) is 8.78 Å². The van der Waals surface area contributed by atoms with E-state index in [-0.39, 0.29) is 5.92 Å². The van der Waals surface area contributed by atoms with Crippen molar-refractivity contribution in [3.05, 3.63) is 54.1 Å². The highest BCUT2D eigenvalue weighted by atomic mass is 19.2. The molecule has 0 aliphatic heterocycles. The summed E-state index contributed by atoms with van der Waals surface area (Å²) in [6, 6.07) is 9.64. The zero-order chi connectivity index (χ0) is 16.3. The summed E-state index contributed by atoms with van der Waals surface area (Å²) in [5.74, 6) is 0.524. The van der Waals surface area contributed by atoms with Gasteiger partial charge >= 0.3 is 0 Å². The molecular formula is C21H26F2. The van der Waals surface area contributed by atoms with Crippen LogP contribution in [-0.2, 0) is 0 Å². The Morgan fingerprint density at radius 2 is 1.78 bits per heavy atom. The second-order valence-electron chi connectivity index (χ2n) is 7.06. The van der Waals surface area contributed by atoms with Crippen molar-refractivity contribution in [3.63, 3.8) is 0 Å². The van der Waals surface area contributed by atoms with E-state index in [0.717, 1.165) is 36.8 Å². The number of hydrogen-bond acceptors (Lipinski definition) is 0. The van der Waals surface area contributed by atoms with E-state index in [1.807, 2.05) is 30.3 Å². The third-order valence-corrected chi connectivity index (χ3v) is 5.54. The van der Waals surface area contributed by atoms with E-state index < -0.39 is 11.8 Å². The average Bonchev–Trinajstić information content (AvgIpc) is 2.59. The van der Waals surface area contributed by atoms with Gasteiger partial charge in [0.05, 0.1) is 0 Å². The molecule has 1 fully saturated rings. The minimum absolute atomic E-state index is 0.185. The highest BCUT2D eigenvalue weighted by Gasteiger charge is 2.46. The molecule has 0 radical (unpaired) electrons. The summed E-state index contributed by atoms with van der Waals surface area (Å²) < 4.78 is 30.0. The largest absolute Gasteiger partial charge is 0.239 e. The molecule has 0 aromatic heterocycles. The van der Waals surface area contributed by atoms with Crippen LogP contribution in [0.3, 0.4) is 0 Å². The van der Waals surface area contributed by atoms with Gasteiger partial charge in [-0.2, -0.15) is 0 Å². The van der Waals surface area contributed by atoms with Crippen molar-refractivity contribution in [1.29, 1.82) is 0 Å². The van der Waals surface area contributed by atoms with E-state index in [4.69, 9.17) is 0 Å². The molecule has 0 spiro atoms. The molecule has 3 rings (SSSR count). The predicted molar refractivity (Wildman–Crippen MR) is 92.7 cm³/mol. The Morgan fingerprint density at radius 1 is 1.09 bits per heavy atom. The maximum atomic E-state index is 15.3. The Labute approximate surface area is 138 Å². The first-order valence-corrected chi connectivity index (χ1v) is 8.93. The van der Waals surface area contributed by atoms with Crippen LogP contribution in [0.2, 0.25) is 0 Å². The summed E-state index contributed by atoms with van der Waals surface area (Å²) in [6.07, 6.45) is 9.28. The highest BCUT2D eigenvalue weighted by Crippen LogP contribution is 2.45. The fourth-order valence-electron chi connectivity index (χ4n) is 4.14. The number of hydrogen-bond donors (Lipinski definition) is 0. The third-order valence-electron chi connectivity index (χ3n) is 5.54.